The molecule has 0 saturated carbocycles. The van der Waals surface area contributed by atoms with Gasteiger partial charge in [-0.1, -0.05) is 13.3 Å². The number of ether oxygens (including phenoxy) is 1. The van der Waals surface area contributed by atoms with Gasteiger partial charge in [-0.3, -0.25) is 19.2 Å². The molecule has 32 heavy (non-hydrogen) atoms. The van der Waals surface area contributed by atoms with E-state index < -0.39 is 0 Å². The number of nitrogens with one attached hydrogen (secondary N) is 1. The van der Waals surface area contributed by atoms with Gasteiger partial charge in [-0.05, 0) is 50.5 Å². The van der Waals surface area contributed by atoms with Crippen molar-refractivity contribution in [2.45, 2.75) is 46.0 Å². The van der Waals surface area contributed by atoms with Crippen LogP contribution in [0.4, 0.5) is 5.69 Å². The van der Waals surface area contributed by atoms with Crippen LogP contribution in [0.1, 0.15) is 56.3 Å². The Morgan fingerprint density at radius 3 is 2.38 bits per heavy atom. The molecule has 3 rings (SSSR count). The molecule has 174 valence electrons. The molecule has 0 spiro atoms. The summed E-state index contributed by atoms with van der Waals surface area (Å²) in [6, 6.07) is 6.82. The Kier molecular flexibility index (Phi) is 8.25. The third-order valence-corrected chi connectivity index (χ3v) is 6.17. The number of piperidine rings is 1. The van der Waals surface area contributed by atoms with Crippen molar-refractivity contribution in [2.75, 3.05) is 38.1 Å². The summed E-state index contributed by atoms with van der Waals surface area (Å²) in [5.41, 5.74) is 1.14. The summed E-state index contributed by atoms with van der Waals surface area (Å²) in [6.45, 7) is 6.43. The second kappa shape index (κ2) is 11.1. The van der Waals surface area contributed by atoms with Gasteiger partial charge >= 0.3 is 5.97 Å². The molecular weight excluding hydrogens is 410 g/mol. The average Bonchev–Trinajstić information content (AvgIpc) is 3.18. The number of amides is 3. The second-order valence-electron chi connectivity index (χ2n) is 8.48. The van der Waals surface area contributed by atoms with Gasteiger partial charge < -0.3 is 19.9 Å². The molecule has 1 aromatic carbocycles. The van der Waals surface area contributed by atoms with Crippen LogP contribution in [0.3, 0.4) is 0 Å². The molecular formula is C24H33N3O5. The summed E-state index contributed by atoms with van der Waals surface area (Å²) < 4.78 is 5.07. The number of hydrogen-bond donors (Lipinski definition) is 1. The van der Waals surface area contributed by atoms with Crippen LogP contribution in [0.25, 0.3) is 0 Å². The van der Waals surface area contributed by atoms with Crippen LogP contribution in [0, 0.1) is 11.8 Å². The lowest BCUT2D eigenvalue weighted by atomic mass is 9.96. The first-order chi connectivity index (χ1) is 15.4. The Hall–Kier alpha value is -2.90. The molecule has 2 saturated heterocycles. The second-order valence-corrected chi connectivity index (χ2v) is 8.48. The number of likely N-dealkylation sites (tertiary alicyclic amines) is 2. The van der Waals surface area contributed by atoms with Gasteiger partial charge in [0.15, 0.2) is 0 Å². The maximum atomic E-state index is 12.8. The number of unbranched alkanes of at least 4 members (excludes halogenated alkanes) is 1. The average molecular weight is 444 g/mol. The highest BCUT2D eigenvalue weighted by atomic mass is 16.5. The molecule has 0 bridgehead atoms. The zero-order valence-electron chi connectivity index (χ0n) is 19.0. The monoisotopic (exact) mass is 443 g/mol. The molecule has 2 fully saturated rings. The molecule has 0 radical (unpaired) electrons. The van der Waals surface area contributed by atoms with Crippen LogP contribution in [-0.4, -0.2) is 66.3 Å². The van der Waals surface area contributed by atoms with Gasteiger partial charge in [-0.25, -0.2) is 0 Å². The molecule has 8 nitrogen and oxygen atoms in total. The lowest BCUT2D eigenvalue weighted by Gasteiger charge is -2.31. The molecule has 1 unspecified atom stereocenters. The number of rotatable bonds is 8. The maximum absolute atomic E-state index is 12.8. The van der Waals surface area contributed by atoms with Crippen LogP contribution in [0.15, 0.2) is 24.3 Å². The summed E-state index contributed by atoms with van der Waals surface area (Å²) >= 11 is 0. The minimum absolute atomic E-state index is 0.0336. The Bertz CT molecular complexity index is 831. The quantitative estimate of drug-likeness (QED) is 0.623. The number of anilines is 1. The van der Waals surface area contributed by atoms with Crippen molar-refractivity contribution < 1.29 is 23.9 Å². The van der Waals surface area contributed by atoms with E-state index in [1.54, 1.807) is 41.0 Å². The molecule has 0 aromatic heterocycles. The van der Waals surface area contributed by atoms with Crippen LogP contribution in [0.5, 0.6) is 0 Å². The van der Waals surface area contributed by atoms with Crippen molar-refractivity contribution in [1.29, 1.82) is 0 Å². The molecule has 0 aliphatic carbocycles. The molecule has 2 heterocycles. The Balaban J connectivity index is 1.50. The highest BCUT2D eigenvalue weighted by Crippen LogP contribution is 2.23. The third kappa shape index (κ3) is 5.87. The lowest BCUT2D eigenvalue weighted by Crippen LogP contribution is -2.40. The van der Waals surface area contributed by atoms with Gasteiger partial charge in [0.1, 0.15) is 0 Å². The smallest absolute Gasteiger partial charge is 0.309 e. The van der Waals surface area contributed by atoms with E-state index in [-0.39, 0.29) is 41.9 Å². The number of nitrogens with zero attached hydrogens (tertiary/aromatic N) is 2. The normalized spacial score (nSPS) is 19.2. The van der Waals surface area contributed by atoms with Crippen molar-refractivity contribution in [2.24, 2.45) is 11.8 Å². The van der Waals surface area contributed by atoms with Crippen LogP contribution < -0.4 is 5.32 Å². The first-order valence-corrected chi connectivity index (χ1v) is 11.6. The van der Waals surface area contributed by atoms with E-state index in [9.17, 15) is 19.2 Å². The van der Waals surface area contributed by atoms with Crippen molar-refractivity contribution >= 4 is 29.4 Å². The number of hydrogen-bond acceptors (Lipinski definition) is 5. The van der Waals surface area contributed by atoms with E-state index >= 15 is 0 Å². The SMILES string of the molecule is CCCCN1CC(C(=O)Nc2ccc(C(=O)N3CCC(C(=O)OCC)CC3)cc2)CC1=O. The van der Waals surface area contributed by atoms with E-state index in [0.717, 1.165) is 12.8 Å². The summed E-state index contributed by atoms with van der Waals surface area (Å²) in [5.74, 6) is -0.891. The van der Waals surface area contributed by atoms with Crippen molar-refractivity contribution in [3.8, 4) is 0 Å². The number of esters is 1. The summed E-state index contributed by atoms with van der Waals surface area (Å²) in [6.07, 6.45) is 3.40. The zero-order chi connectivity index (χ0) is 23.1. The van der Waals surface area contributed by atoms with Crippen LogP contribution in [0.2, 0.25) is 0 Å². The highest BCUT2D eigenvalue weighted by Gasteiger charge is 2.34. The Labute approximate surface area is 189 Å². The van der Waals surface area contributed by atoms with Gasteiger partial charge in [0, 0.05) is 43.9 Å². The molecule has 3 amide bonds. The maximum Gasteiger partial charge on any atom is 0.309 e. The first kappa shape index (κ1) is 23.8. The van der Waals surface area contributed by atoms with Crippen LogP contribution >= 0.6 is 0 Å². The number of carbonyl (C=O) groups excluding carboxylic acids is 4. The van der Waals surface area contributed by atoms with Crippen molar-refractivity contribution in [3.63, 3.8) is 0 Å². The molecule has 2 aliphatic rings. The van der Waals surface area contributed by atoms with Gasteiger partial charge in [0.25, 0.3) is 5.91 Å². The van der Waals surface area contributed by atoms with Gasteiger partial charge in [-0.15, -0.1) is 0 Å². The van der Waals surface area contributed by atoms with E-state index in [0.29, 0.717) is 56.9 Å². The largest absolute Gasteiger partial charge is 0.466 e. The molecule has 1 atom stereocenters. The standard InChI is InChI=1S/C24H33N3O5/c1-3-5-12-27-16-19(15-21(27)28)22(29)25-20-8-6-17(7-9-20)23(30)26-13-10-18(11-14-26)24(31)32-4-2/h6-9,18-19H,3-5,10-16H2,1-2H3,(H,25,29). The molecule has 1 aromatic rings. The fourth-order valence-corrected chi connectivity index (χ4v) is 4.21. The molecule has 8 heteroatoms. The summed E-state index contributed by atoms with van der Waals surface area (Å²) in [5, 5.41) is 2.86. The molecule has 2 aliphatic heterocycles. The fraction of sp³-hybridized carbons (Fsp3) is 0.583. The van der Waals surface area contributed by atoms with Crippen molar-refractivity contribution in [1.82, 2.24) is 9.80 Å². The first-order valence-electron chi connectivity index (χ1n) is 11.6. The minimum atomic E-state index is -0.346. The lowest BCUT2D eigenvalue weighted by molar-refractivity contribution is -0.149. The van der Waals surface area contributed by atoms with Gasteiger partial charge in [0.05, 0.1) is 18.4 Å². The predicted molar refractivity (Wildman–Crippen MR) is 120 cm³/mol. The number of benzene rings is 1. The Morgan fingerprint density at radius 2 is 1.75 bits per heavy atom. The zero-order valence-corrected chi connectivity index (χ0v) is 19.0. The third-order valence-electron chi connectivity index (χ3n) is 6.17. The topological polar surface area (TPSA) is 96.0 Å². The van der Waals surface area contributed by atoms with E-state index in [1.807, 2.05) is 0 Å². The van der Waals surface area contributed by atoms with Crippen molar-refractivity contribution in [3.05, 3.63) is 29.8 Å². The fourth-order valence-electron chi connectivity index (χ4n) is 4.21. The van der Waals surface area contributed by atoms with Gasteiger partial charge in [0.2, 0.25) is 11.8 Å². The van der Waals surface area contributed by atoms with E-state index in [4.69, 9.17) is 4.74 Å². The van der Waals surface area contributed by atoms with E-state index in [2.05, 4.69) is 12.2 Å². The highest BCUT2D eigenvalue weighted by molar-refractivity contribution is 5.98. The summed E-state index contributed by atoms with van der Waals surface area (Å²) in [4.78, 5) is 52.8. The Morgan fingerprint density at radius 1 is 1.06 bits per heavy atom. The van der Waals surface area contributed by atoms with Crippen LogP contribution in [-0.2, 0) is 19.1 Å². The molecule has 1 N–H and O–H groups in total. The van der Waals surface area contributed by atoms with Gasteiger partial charge in [-0.2, -0.15) is 0 Å². The number of carbonyl (C=O) groups is 4. The summed E-state index contributed by atoms with van der Waals surface area (Å²) in [7, 11) is 0. The van der Waals surface area contributed by atoms with E-state index in [1.165, 1.54) is 0 Å². The predicted octanol–water partition coefficient (Wildman–Crippen LogP) is 2.69. The minimum Gasteiger partial charge on any atom is -0.466 e.